The zero-order valence-electron chi connectivity index (χ0n) is 11.9. The Morgan fingerprint density at radius 1 is 1.25 bits per heavy atom. The van der Waals surface area contributed by atoms with E-state index in [2.05, 4.69) is 0 Å². The predicted molar refractivity (Wildman–Crippen MR) is 76.7 cm³/mol. The normalized spacial score (nSPS) is 15.2. The van der Waals surface area contributed by atoms with Gasteiger partial charge in [-0.1, -0.05) is 18.2 Å². The number of piperidine rings is 1. The minimum Gasteiger partial charge on any atom is -0.493 e. The van der Waals surface area contributed by atoms with Crippen molar-refractivity contribution in [1.29, 1.82) is 0 Å². The van der Waals surface area contributed by atoms with Crippen LogP contribution in [0.3, 0.4) is 0 Å². The van der Waals surface area contributed by atoms with Crippen LogP contribution in [0.25, 0.3) is 0 Å². The van der Waals surface area contributed by atoms with Crippen molar-refractivity contribution in [2.45, 2.75) is 32.6 Å². The predicted octanol–water partition coefficient (Wildman–Crippen LogP) is 2.35. The summed E-state index contributed by atoms with van der Waals surface area (Å²) in [5.41, 5.74) is 1.10. The lowest BCUT2D eigenvalue weighted by Gasteiger charge is -2.26. The van der Waals surface area contributed by atoms with Gasteiger partial charge >= 0.3 is 0 Å². The standard InChI is InChI=1S/C16H21NO3/c1-13-5-2-3-6-15(13)20-12-4-7-16(19)17-10-8-14(18)9-11-17/h2-3,5-6H,4,7-12H2,1H3. The Labute approximate surface area is 119 Å². The highest BCUT2D eigenvalue weighted by atomic mass is 16.5. The van der Waals surface area contributed by atoms with Gasteiger partial charge in [0.25, 0.3) is 0 Å². The van der Waals surface area contributed by atoms with E-state index in [-0.39, 0.29) is 11.7 Å². The number of rotatable bonds is 5. The first-order valence-electron chi connectivity index (χ1n) is 7.15. The van der Waals surface area contributed by atoms with Crippen LogP contribution in [-0.2, 0) is 9.59 Å². The van der Waals surface area contributed by atoms with Crippen LogP contribution in [0, 0.1) is 6.92 Å². The van der Waals surface area contributed by atoms with Gasteiger partial charge < -0.3 is 9.64 Å². The Hall–Kier alpha value is -1.84. The van der Waals surface area contributed by atoms with E-state index in [0.717, 1.165) is 11.3 Å². The van der Waals surface area contributed by atoms with Gasteiger partial charge in [-0.3, -0.25) is 9.59 Å². The van der Waals surface area contributed by atoms with E-state index in [0.29, 0.717) is 45.4 Å². The van der Waals surface area contributed by atoms with Gasteiger partial charge in [0.1, 0.15) is 11.5 Å². The quantitative estimate of drug-likeness (QED) is 0.775. The minimum absolute atomic E-state index is 0.130. The molecule has 0 aromatic heterocycles. The molecule has 1 aromatic carbocycles. The van der Waals surface area contributed by atoms with Crippen molar-refractivity contribution in [3.05, 3.63) is 29.8 Å². The van der Waals surface area contributed by atoms with Crippen LogP contribution < -0.4 is 4.74 Å². The number of nitrogens with zero attached hydrogens (tertiary/aromatic N) is 1. The number of hydrogen-bond donors (Lipinski definition) is 0. The molecule has 0 radical (unpaired) electrons. The van der Waals surface area contributed by atoms with Crippen molar-refractivity contribution in [2.75, 3.05) is 19.7 Å². The van der Waals surface area contributed by atoms with Crippen LogP contribution in [0.2, 0.25) is 0 Å². The van der Waals surface area contributed by atoms with Gasteiger partial charge in [0, 0.05) is 32.4 Å². The highest BCUT2D eigenvalue weighted by molar-refractivity contribution is 5.83. The molecule has 1 aliphatic rings. The van der Waals surface area contributed by atoms with Crippen molar-refractivity contribution in [3.8, 4) is 5.75 Å². The first-order chi connectivity index (χ1) is 9.66. The second kappa shape index (κ2) is 7.08. The molecule has 1 fully saturated rings. The molecule has 1 aromatic rings. The molecule has 108 valence electrons. The van der Waals surface area contributed by atoms with Gasteiger partial charge in [-0.05, 0) is 25.0 Å². The number of amides is 1. The van der Waals surface area contributed by atoms with E-state index in [4.69, 9.17) is 4.74 Å². The zero-order chi connectivity index (χ0) is 14.4. The molecule has 4 nitrogen and oxygen atoms in total. The average molecular weight is 275 g/mol. The van der Waals surface area contributed by atoms with Gasteiger partial charge in [0.05, 0.1) is 6.61 Å². The number of para-hydroxylation sites is 1. The summed E-state index contributed by atoms with van der Waals surface area (Å²) in [6, 6.07) is 7.86. The maximum atomic E-state index is 11.9. The fraction of sp³-hybridized carbons (Fsp3) is 0.500. The average Bonchev–Trinajstić information content (AvgIpc) is 2.46. The van der Waals surface area contributed by atoms with Crippen LogP contribution in [0.4, 0.5) is 0 Å². The number of ether oxygens (including phenoxy) is 1. The van der Waals surface area contributed by atoms with Crippen LogP contribution >= 0.6 is 0 Å². The van der Waals surface area contributed by atoms with Crippen LogP contribution in [0.5, 0.6) is 5.75 Å². The van der Waals surface area contributed by atoms with Crippen molar-refractivity contribution >= 4 is 11.7 Å². The first kappa shape index (κ1) is 14.6. The molecule has 1 heterocycles. The topological polar surface area (TPSA) is 46.6 Å². The van der Waals surface area contributed by atoms with Gasteiger partial charge in [-0.25, -0.2) is 0 Å². The van der Waals surface area contributed by atoms with Crippen LogP contribution in [0.15, 0.2) is 24.3 Å². The van der Waals surface area contributed by atoms with Gasteiger partial charge in [-0.15, -0.1) is 0 Å². The fourth-order valence-corrected chi connectivity index (χ4v) is 2.29. The Morgan fingerprint density at radius 2 is 1.95 bits per heavy atom. The maximum absolute atomic E-state index is 11.9. The third kappa shape index (κ3) is 4.08. The lowest BCUT2D eigenvalue weighted by Crippen LogP contribution is -2.38. The summed E-state index contributed by atoms with van der Waals surface area (Å²) < 4.78 is 5.67. The monoisotopic (exact) mass is 275 g/mol. The number of carbonyl (C=O) groups is 2. The number of carbonyl (C=O) groups excluding carboxylic acids is 2. The number of hydrogen-bond acceptors (Lipinski definition) is 3. The SMILES string of the molecule is Cc1ccccc1OCCCC(=O)N1CCC(=O)CC1. The van der Waals surface area contributed by atoms with Crippen LogP contribution in [0.1, 0.15) is 31.2 Å². The van der Waals surface area contributed by atoms with Crippen molar-refractivity contribution < 1.29 is 14.3 Å². The van der Waals surface area contributed by atoms with Crippen molar-refractivity contribution in [2.24, 2.45) is 0 Å². The summed E-state index contributed by atoms with van der Waals surface area (Å²) in [5.74, 6) is 1.27. The summed E-state index contributed by atoms with van der Waals surface area (Å²) in [4.78, 5) is 24.9. The number of aryl methyl sites for hydroxylation is 1. The number of ketones is 1. The molecular formula is C16H21NO3. The maximum Gasteiger partial charge on any atom is 0.222 e. The Kier molecular flexibility index (Phi) is 5.16. The Bertz CT molecular complexity index is 474. The number of benzene rings is 1. The second-order valence-electron chi connectivity index (χ2n) is 5.14. The summed E-state index contributed by atoms with van der Waals surface area (Å²) in [7, 11) is 0. The molecule has 0 unspecified atom stereocenters. The highest BCUT2D eigenvalue weighted by Crippen LogP contribution is 2.16. The lowest BCUT2D eigenvalue weighted by atomic mass is 10.1. The fourth-order valence-electron chi connectivity index (χ4n) is 2.29. The van der Waals surface area contributed by atoms with Gasteiger partial charge in [0.2, 0.25) is 5.91 Å². The van der Waals surface area contributed by atoms with Crippen LogP contribution in [-0.4, -0.2) is 36.3 Å². The number of Topliss-reactive ketones (excluding diaryl/α,β-unsaturated/α-hetero) is 1. The molecule has 0 bridgehead atoms. The summed E-state index contributed by atoms with van der Waals surface area (Å²) in [6.45, 7) is 3.71. The van der Waals surface area contributed by atoms with Crippen molar-refractivity contribution in [3.63, 3.8) is 0 Å². The lowest BCUT2D eigenvalue weighted by molar-refractivity contribution is -0.134. The molecule has 0 aliphatic carbocycles. The largest absolute Gasteiger partial charge is 0.493 e. The number of likely N-dealkylation sites (tertiary alicyclic amines) is 1. The van der Waals surface area contributed by atoms with E-state index in [1.807, 2.05) is 31.2 Å². The molecule has 0 atom stereocenters. The second-order valence-corrected chi connectivity index (χ2v) is 5.14. The van der Waals surface area contributed by atoms with E-state index >= 15 is 0 Å². The summed E-state index contributed by atoms with van der Waals surface area (Å²) in [6.07, 6.45) is 2.20. The third-order valence-corrected chi connectivity index (χ3v) is 3.56. The molecule has 0 N–H and O–H groups in total. The minimum atomic E-state index is 0.130. The van der Waals surface area contributed by atoms with Crippen molar-refractivity contribution in [1.82, 2.24) is 4.90 Å². The molecular weight excluding hydrogens is 254 g/mol. The molecule has 1 aliphatic heterocycles. The Balaban J connectivity index is 1.67. The molecule has 0 saturated carbocycles. The van der Waals surface area contributed by atoms with E-state index in [1.165, 1.54) is 0 Å². The van der Waals surface area contributed by atoms with Gasteiger partial charge in [0.15, 0.2) is 0 Å². The summed E-state index contributed by atoms with van der Waals surface area (Å²) >= 11 is 0. The third-order valence-electron chi connectivity index (χ3n) is 3.56. The van der Waals surface area contributed by atoms with E-state index in [1.54, 1.807) is 4.90 Å². The molecule has 0 spiro atoms. The highest BCUT2D eigenvalue weighted by Gasteiger charge is 2.20. The molecule has 1 amide bonds. The first-order valence-corrected chi connectivity index (χ1v) is 7.15. The Morgan fingerprint density at radius 3 is 2.65 bits per heavy atom. The molecule has 1 saturated heterocycles. The van der Waals surface area contributed by atoms with E-state index in [9.17, 15) is 9.59 Å². The van der Waals surface area contributed by atoms with Gasteiger partial charge in [-0.2, -0.15) is 0 Å². The zero-order valence-corrected chi connectivity index (χ0v) is 11.9. The smallest absolute Gasteiger partial charge is 0.222 e. The van der Waals surface area contributed by atoms with E-state index < -0.39 is 0 Å². The summed E-state index contributed by atoms with van der Waals surface area (Å²) in [5, 5.41) is 0. The molecule has 2 rings (SSSR count). The molecule has 4 heteroatoms. The molecule has 20 heavy (non-hydrogen) atoms.